The molecule has 0 bridgehead atoms. The molecule has 0 radical (unpaired) electrons. The van der Waals surface area contributed by atoms with Crippen LogP contribution in [0.5, 0.6) is 0 Å². The Bertz CT molecular complexity index is 1630. The first-order valence-electron chi connectivity index (χ1n) is 12.5. The number of pyridine rings is 1. The first-order valence-corrected chi connectivity index (χ1v) is 13.8. The molecule has 0 spiro atoms. The summed E-state index contributed by atoms with van der Waals surface area (Å²) in [5, 5.41) is 19.1. The number of thioether (sulfide) groups is 1. The number of aromatic nitrogens is 1. The molecule has 0 saturated heterocycles. The van der Waals surface area contributed by atoms with Crippen LogP contribution in [0.4, 0.5) is 17.2 Å². The predicted molar refractivity (Wildman–Crippen MR) is 163 cm³/mol. The van der Waals surface area contributed by atoms with Crippen molar-refractivity contribution in [2.24, 2.45) is 0 Å². The van der Waals surface area contributed by atoms with Gasteiger partial charge in [-0.3, -0.25) is 24.5 Å². The van der Waals surface area contributed by atoms with Crippen LogP contribution >= 0.6 is 23.4 Å². The second kappa shape index (κ2) is 14.1. The summed E-state index contributed by atoms with van der Waals surface area (Å²) in [6.45, 7) is 1.74. The minimum atomic E-state index is -0.612. The van der Waals surface area contributed by atoms with E-state index < -0.39 is 22.0 Å². The standard InChI is InChI=1S/C30H24ClN5O5S/c1-19(28(37)35-27-15-12-22(31)18-32-27)42-25-9-5-8-23(17-25)33-30(39)26(34-29(38)21-6-3-2-4-7-21)16-20-10-13-24(14-11-20)36(40)41/h2-19H,1H3,(H,33,39)(H,34,38)(H,32,35,37)/b26-16+. The van der Waals surface area contributed by atoms with Crippen molar-refractivity contribution < 1.29 is 19.3 Å². The van der Waals surface area contributed by atoms with Gasteiger partial charge >= 0.3 is 0 Å². The van der Waals surface area contributed by atoms with Crippen LogP contribution < -0.4 is 16.0 Å². The van der Waals surface area contributed by atoms with E-state index in [-0.39, 0.29) is 17.3 Å². The summed E-state index contributed by atoms with van der Waals surface area (Å²) in [4.78, 5) is 54.1. The molecule has 0 saturated carbocycles. The molecule has 212 valence electrons. The van der Waals surface area contributed by atoms with Crippen LogP contribution in [0.2, 0.25) is 5.02 Å². The van der Waals surface area contributed by atoms with Gasteiger partial charge in [-0.2, -0.15) is 0 Å². The van der Waals surface area contributed by atoms with Gasteiger partial charge in [0, 0.05) is 34.5 Å². The summed E-state index contributed by atoms with van der Waals surface area (Å²) in [5.74, 6) is -0.999. The highest BCUT2D eigenvalue weighted by Gasteiger charge is 2.18. The number of hydrogen-bond acceptors (Lipinski definition) is 7. The van der Waals surface area contributed by atoms with E-state index in [1.807, 2.05) is 0 Å². The number of halogens is 1. The van der Waals surface area contributed by atoms with Gasteiger partial charge in [-0.15, -0.1) is 11.8 Å². The van der Waals surface area contributed by atoms with Gasteiger partial charge in [0.2, 0.25) is 5.91 Å². The maximum absolute atomic E-state index is 13.3. The Morgan fingerprint density at radius 2 is 1.69 bits per heavy atom. The van der Waals surface area contributed by atoms with Crippen LogP contribution in [0.15, 0.2) is 108 Å². The second-order valence-corrected chi connectivity index (χ2v) is 10.7. The molecule has 3 N–H and O–H groups in total. The van der Waals surface area contributed by atoms with Crippen LogP contribution in [-0.2, 0) is 9.59 Å². The molecule has 1 heterocycles. The maximum Gasteiger partial charge on any atom is 0.272 e. The van der Waals surface area contributed by atoms with E-state index in [0.717, 1.165) is 0 Å². The van der Waals surface area contributed by atoms with E-state index in [2.05, 4.69) is 20.9 Å². The maximum atomic E-state index is 13.3. The highest BCUT2D eigenvalue weighted by Crippen LogP contribution is 2.27. The molecule has 0 fully saturated rings. The molecule has 4 aromatic rings. The van der Waals surface area contributed by atoms with Crippen molar-refractivity contribution in [3.8, 4) is 0 Å². The van der Waals surface area contributed by atoms with Crippen molar-refractivity contribution in [2.75, 3.05) is 10.6 Å². The monoisotopic (exact) mass is 601 g/mol. The van der Waals surface area contributed by atoms with Crippen molar-refractivity contribution in [2.45, 2.75) is 17.1 Å². The number of rotatable bonds is 10. The van der Waals surface area contributed by atoms with Crippen molar-refractivity contribution >= 4 is 64.4 Å². The van der Waals surface area contributed by atoms with Crippen molar-refractivity contribution in [1.82, 2.24) is 10.3 Å². The Morgan fingerprint density at radius 1 is 0.952 bits per heavy atom. The predicted octanol–water partition coefficient (Wildman–Crippen LogP) is 6.17. The van der Waals surface area contributed by atoms with Crippen molar-refractivity contribution in [3.63, 3.8) is 0 Å². The second-order valence-electron chi connectivity index (χ2n) is 8.82. The number of hydrogen-bond donors (Lipinski definition) is 3. The fraction of sp³-hybridized carbons (Fsp3) is 0.0667. The Morgan fingerprint density at radius 3 is 2.36 bits per heavy atom. The van der Waals surface area contributed by atoms with Gasteiger partial charge in [-0.05, 0) is 73.2 Å². The van der Waals surface area contributed by atoms with Gasteiger partial charge in [0.1, 0.15) is 11.5 Å². The lowest BCUT2D eigenvalue weighted by molar-refractivity contribution is -0.384. The molecule has 42 heavy (non-hydrogen) atoms. The minimum absolute atomic E-state index is 0.0704. The first-order chi connectivity index (χ1) is 20.2. The number of non-ortho nitro benzene ring substituents is 1. The molecule has 3 aromatic carbocycles. The molecule has 1 unspecified atom stereocenters. The Labute approximate surface area is 250 Å². The molecular weight excluding hydrogens is 578 g/mol. The third-order valence-electron chi connectivity index (χ3n) is 5.70. The van der Waals surface area contributed by atoms with Crippen molar-refractivity contribution in [1.29, 1.82) is 0 Å². The Kier molecular flexibility index (Phi) is 10.0. The van der Waals surface area contributed by atoms with Crippen LogP contribution in [0, 0.1) is 10.1 Å². The molecular formula is C30H24ClN5O5S. The molecule has 1 atom stereocenters. The smallest absolute Gasteiger partial charge is 0.272 e. The van der Waals surface area contributed by atoms with E-state index in [4.69, 9.17) is 11.6 Å². The summed E-state index contributed by atoms with van der Waals surface area (Å²) < 4.78 is 0. The fourth-order valence-electron chi connectivity index (χ4n) is 3.58. The van der Waals surface area contributed by atoms with Gasteiger partial charge in [0.25, 0.3) is 17.5 Å². The van der Waals surface area contributed by atoms with Gasteiger partial charge < -0.3 is 16.0 Å². The zero-order chi connectivity index (χ0) is 30.1. The summed E-state index contributed by atoms with van der Waals surface area (Å²) in [6.07, 6.45) is 2.86. The highest BCUT2D eigenvalue weighted by atomic mass is 35.5. The van der Waals surface area contributed by atoms with Crippen LogP contribution in [0.25, 0.3) is 6.08 Å². The summed E-state index contributed by atoms with van der Waals surface area (Å²) in [7, 11) is 0. The minimum Gasteiger partial charge on any atom is -0.321 e. The molecule has 0 aliphatic heterocycles. The topological polar surface area (TPSA) is 143 Å². The fourth-order valence-corrected chi connectivity index (χ4v) is 4.62. The summed E-state index contributed by atoms with van der Waals surface area (Å²) in [6, 6.07) is 24.1. The van der Waals surface area contributed by atoms with E-state index in [1.165, 1.54) is 48.3 Å². The molecule has 4 rings (SSSR count). The Hall–Kier alpha value is -5.00. The molecule has 10 nitrogen and oxygen atoms in total. The van der Waals surface area contributed by atoms with E-state index in [9.17, 15) is 24.5 Å². The number of amides is 3. The normalized spacial score (nSPS) is 11.7. The zero-order valence-corrected chi connectivity index (χ0v) is 23.7. The third kappa shape index (κ3) is 8.50. The number of nitrogens with one attached hydrogen (secondary N) is 3. The molecule has 3 amide bonds. The van der Waals surface area contributed by atoms with E-state index >= 15 is 0 Å². The van der Waals surface area contributed by atoms with Crippen LogP contribution in [-0.4, -0.2) is 32.9 Å². The van der Waals surface area contributed by atoms with Gasteiger partial charge in [0.15, 0.2) is 0 Å². The lowest BCUT2D eigenvalue weighted by Gasteiger charge is -2.14. The highest BCUT2D eigenvalue weighted by molar-refractivity contribution is 8.00. The van der Waals surface area contributed by atoms with E-state index in [0.29, 0.717) is 32.6 Å². The number of nitro groups is 1. The third-order valence-corrected chi connectivity index (χ3v) is 7.01. The molecule has 0 aliphatic carbocycles. The number of anilines is 2. The molecule has 1 aromatic heterocycles. The molecule has 0 aliphatic rings. The number of nitro benzene ring substituents is 1. The first kappa shape index (κ1) is 30.0. The summed E-state index contributed by atoms with van der Waals surface area (Å²) >= 11 is 7.12. The lowest BCUT2D eigenvalue weighted by atomic mass is 10.1. The largest absolute Gasteiger partial charge is 0.321 e. The van der Waals surface area contributed by atoms with Gasteiger partial charge in [-0.25, -0.2) is 4.98 Å². The van der Waals surface area contributed by atoms with Crippen LogP contribution in [0.3, 0.4) is 0 Å². The number of carbonyl (C=O) groups is 3. The van der Waals surface area contributed by atoms with Gasteiger partial charge in [0.05, 0.1) is 15.2 Å². The average Bonchev–Trinajstić information content (AvgIpc) is 2.98. The summed E-state index contributed by atoms with van der Waals surface area (Å²) in [5.41, 5.74) is 1.07. The number of nitrogens with zero attached hydrogens (tertiary/aromatic N) is 2. The van der Waals surface area contributed by atoms with Crippen molar-refractivity contribution in [3.05, 3.63) is 129 Å². The van der Waals surface area contributed by atoms with E-state index in [1.54, 1.807) is 73.7 Å². The van der Waals surface area contributed by atoms with Gasteiger partial charge in [-0.1, -0.05) is 35.9 Å². The molecule has 12 heteroatoms. The number of benzene rings is 3. The quantitative estimate of drug-likeness (QED) is 0.0853. The SMILES string of the molecule is CC(Sc1cccc(NC(=O)/C(=C\c2ccc([N+](=O)[O-])cc2)NC(=O)c2ccccc2)c1)C(=O)Nc1ccc(Cl)cn1. The Balaban J connectivity index is 1.49. The van der Waals surface area contributed by atoms with Crippen LogP contribution in [0.1, 0.15) is 22.8 Å². The lowest BCUT2D eigenvalue weighted by Crippen LogP contribution is -2.30. The number of carbonyl (C=O) groups excluding carboxylic acids is 3. The zero-order valence-electron chi connectivity index (χ0n) is 22.1. The average molecular weight is 602 g/mol.